The van der Waals surface area contributed by atoms with Gasteiger partial charge in [-0.15, -0.1) is 0 Å². The number of rotatable bonds is 8. The van der Waals surface area contributed by atoms with Crippen molar-refractivity contribution in [1.82, 2.24) is 9.88 Å². The van der Waals surface area contributed by atoms with E-state index in [0.29, 0.717) is 6.04 Å². The number of benzene rings is 1. The van der Waals surface area contributed by atoms with E-state index in [4.69, 9.17) is 9.47 Å². The molecule has 0 spiro atoms. The van der Waals surface area contributed by atoms with E-state index in [9.17, 15) is 0 Å². The Balaban J connectivity index is 1.41. The molecule has 0 bridgehead atoms. The highest BCUT2D eigenvalue weighted by Crippen LogP contribution is 2.30. The van der Waals surface area contributed by atoms with Crippen LogP contribution in [-0.2, 0) is 0 Å². The number of methoxy groups -OCH3 is 1. The van der Waals surface area contributed by atoms with Crippen LogP contribution in [0.25, 0.3) is 0 Å². The first-order valence-corrected chi connectivity index (χ1v) is 9.27. The summed E-state index contributed by atoms with van der Waals surface area (Å²) >= 11 is 0. The van der Waals surface area contributed by atoms with Gasteiger partial charge in [0.05, 0.1) is 13.7 Å². The monoisotopic (exact) mass is 340 g/mol. The lowest BCUT2D eigenvalue weighted by atomic mass is 9.96. The largest absolute Gasteiger partial charge is 0.497 e. The van der Waals surface area contributed by atoms with Gasteiger partial charge in [0.2, 0.25) is 0 Å². The van der Waals surface area contributed by atoms with Crippen LogP contribution >= 0.6 is 0 Å². The summed E-state index contributed by atoms with van der Waals surface area (Å²) in [6, 6.07) is 12.6. The summed E-state index contributed by atoms with van der Waals surface area (Å²) in [5.41, 5.74) is 1.36. The van der Waals surface area contributed by atoms with Gasteiger partial charge in [-0.3, -0.25) is 9.88 Å². The number of pyridine rings is 1. The van der Waals surface area contributed by atoms with E-state index in [-0.39, 0.29) is 0 Å². The van der Waals surface area contributed by atoms with Crippen LogP contribution in [0.15, 0.2) is 48.8 Å². The maximum atomic E-state index is 5.82. The second-order valence-electron chi connectivity index (χ2n) is 6.57. The lowest BCUT2D eigenvalue weighted by Crippen LogP contribution is -2.34. The van der Waals surface area contributed by atoms with E-state index >= 15 is 0 Å². The Bertz CT molecular complexity index is 616. The normalized spacial score (nSPS) is 18.0. The number of hydrogen-bond acceptors (Lipinski definition) is 4. The number of aromatic nitrogens is 1. The number of hydrogen-bond donors (Lipinski definition) is 0. The molecular formula is C21H28N2O2. The first kappa shape index (κ1) is 17.7. The highest BCUT2D eigenvalue weighted by atomic mass is 16.5. The van der Waals surface area contributed by atoms with Crippen LogP contribution in [0.2, 0.25) is 0 Å². The molecule has 3 rings (SSSR count). The van der Waals surface area contributed by atoms with Crippen LogP contribution in [0.4, 0.5) is 0 Å². The first-order chi connectivity index (χ1) is 12.4. The SMILES string of the molecule is COc1ccc(OCCCCN2CCCC[C@H]2c2cccnc2)cc1. The van der Waals surface area contributed by atoms with Gasteiger partial charge in [-0.25, -0.2) is 0 Å². The average molecular weight is 340 g/mol. The summed E-state index contributed by atoms with van der Waals surface area (Å²) in [4.78, 5) is 6.91. The molecule has 0 unspecified atom stereocenters. The van der Waals surface area contributed by atoms with E-state index in [1.54, 1.807) is 7.11 Å². The maximum Gasteiger partial charge on any atom is 0.119 e. The van der Waals surface area contributed by atoms with Crippen LogP contribution in [-0.4, -0.2) is 36.7 Å². The molecule has 0 radical (unpaired) electrons. The number of piperidine rings is 1. The van der Waals surface area contributed by atoms with Crippen molar-refractivity contribution in [2.45, 2.75) is 38.1 Å². The minimum atomic E-state index is 0.532. The number of unbranched alkanes of at least 4 members (excludes halogenated alkanes) is 1. The summed E-state index contributed by atoms with van der Waals surface area (Å²) in [6.07, 6.45) is 9.97. The van der Waals surface area contributed by atoms with Gasteiger partial charge >= 0.3 is 0 Å². The van der Waals surface area contributed by atoms with Crippen molar-refractivity contribution in [2.75, 3.05) is 26.8 Å². The summed E-state index contributed by atoms with van der Waals surface area (Å²) in [7, 11) is 1.68. The molecule has 1 aromatic heterocycles. The zero-order valence-corrected chi connectivity index (χ0v) is 15.1. The fourth-order valence-electron chi connectivity index (χ4n) is 3.49. The summed E-state index contributed by atoms with van der Waals surface area (Å²) < 4.78 is 11.0. The van der Waals surface area contributed by atoms with E-state index < -0.39 is 0 Å². The highest BCUT2D eigenvalue weighted by molar-refractivity contribution is 5.31. The first-order valence-electron chi connectivity index (χ1n) is 9.27. The van der Waals surface area contributed by atoms with E-state index in [2.05, 4.69) is 16.0 Å². The lowest BCUT2D eigenvalue weighted by molar-refractivity contribution is 0.143. The van der Waals surface area contributed by atoms with Gasteiger partial charge in [-0.1, -0.05) is 12.5 Å². The molecule has 0 N–H and O–H groups in total. The van der Waals surface area contributed by atoms with Crippen molar-refractivity contribution >= 4 is 0 Å². The molecule has 1 fully saturated rings. The van der Waals surface area contributed by atoms with Gasteiger partial charge in [0.25, 0.3) is 0 Å². The van der Waals surface area contributed by atoms with Gasteiger partial charge in [-0.2, -0.15) is 0 Å². The van der Waals surface area contributed by atoms with Crippen LogP contribution < -0.4 is 9.47 Å². The molecular weight excluding hydrogens is 312 g/mol. The van der Waals surface area contributed by atoms with E-state index in [0.717, 1.165) is 37.5 Å². The number of ether oxygens (including phenoxy) is 2. The van der Waals surface area contributed by atoms with Crippen LogP contribution in [0.3, 0.4) is 0 Å². The molecule has 1 aromatic carbocycles. The zero-order chi connectivity index (χ0) is 17.3. The van der Waals surface area contributed by atoms with Crippen molar-refractivity contribution in [3.05, 3.63) is 54.4 Å². The van der Waals surface area contributed by atoms with Crippen LogP contribution in [0.5, 0.6) is 11.5 Å². The van der Waals surface area contributed by atoms with Gasteiger partial charge < -0.3 is 9.47 Å². The molecule has 1 aliphatic heterocycles. The van der Waals surface area contributed by atoms with Crippen LogP contribution in [0, 0.1) is 0 Å². The van der Waals surface area contributed by atoms with Crippen molar-refractivity contribution < 1.29 is 9.47 Å². The lowest BCUT2D eigenvalue weighted by Gasteiger charge is -2.35. The topological polar surface area (TPSA) is 34.6 Å². The van der Waals surface area contributed by atoms with Crippen molar-refractivity contribution in [2.24, 2.45) is 0 Å². The third kappa shape index (κ3) is 5.20. The molecule has 1 atom stereocenters. The smallest absolute Gasteiger partial charge is 0.119 e. The standard InChI is InChI=1S/C21H28N2O2/c1-24-19-9-11-20(12-10-19)25-16-5-4-15-23-14-3-2-8-21(23)18-7-6-13-22-17-18/h6-7,9-13,17,21H,2-5,8,14-16H2,1H3/t21-/m0/s1. The maximum absolute atomic E-state index is 5.82. The Kier molecular flexibility index (Phi) is 6.69. The van der Waals surface area contributed by atoms with E-state index in [1.165, 1.54) is 31.4 Å². The molecule has 134 valence electrons. The molecule has 2 heterocycles. The summed E-state index contributed by atoms with van der Waals surface area (Å²) in [5.74, 6) is 1.77. The molecule has 0 aliphatic carbocycles. The Morgan fingerprint density at radius 3 is 2.68 bits per heavy atom. The molecule has 25 heavy (non-hydrogen) atoms. The predicted octanol–water partition coefficient (Wildman–Crippen LogP) is 4.48. The molecule has 4 nitrogen and oxygen atoms in total. The Morgan fingerprint density at radius 1 is 1.08 bits per heavy atom. The Hall–Kier alpha value is -2.07. The number of nitrogens with zero attached hydrogens (tertiary/aromatic N) is 2. The minimum Gasteiger partial charge on any atom is -0.497 e. The molecule has 0 saturated carbocycles. The third-order valence-electron chi connectivity index (χ3n) is 4.85. The highest BCUT2D eigenvalue weighted by Gasteiger charge is 2.23. The van der Waals surface area contributed by atoms with Crippen molar-refractivity contribution in [3.63, 3.8) is 0 Å². The van der Waals surface area contributed by atoms with Gasteiger partial charge in [0, 0.05) is 18.4 Å². The fraction of sp³-hybridized carbons (Fsp3) is 0.476. The Morgan fingerprint density at radius 2 is 1.92 bits per heavy atom. The van der Waals surface area contributed by atoms with E-state index in [1.807, 2.05) is 42.7 Å². The van der Waals surface area contributed by atoms with Gasteiger partial charge in [-0.05, 0) is 74.7 Å². The van der Waals surface area contributed by atoms with Crippen molar-refractivity contribution in [3.8, 4) is 11.5 Å². The number of likely N-dealkylation sites (tertiary alicyclic amines) is 1. The molecule has 4 heteroatoms. The quantitative estimate of drug-likeness (QED) is 0.664. The molecule has 1 saturated heterocycles. The summed E-state index contributed by atoms with van der Waals surface area (Å²) in [6.45, 7) is 3.09. The average Bonchev–Trinajstić information content (AvgIpc) is 2.69. The second kappa shape index (κ2) is 9.42. The molecule has 1 aliphatic rings. The summed E-state index contributed by atoms with van der Waals surface area (Å²) in [5, 5.41) is 0. The van der Waals surface area contributed by atoms with Crippen molar-refractivity contribution in [1.29, 1.82) is 0 Å². The predicted molar refractivity (Wildman–Crippen MR) is 100 cm³/mol. The van der Waals surface area contributed by atoms with Crippen LogP contribution in [0.1, 0.15) is 43.7 Å². The zero-order valence-electron chi connectivity index (χ0n) is 15.1. The Labute approximate surface area is 150 Å². The second-order valence-corrected chi connectivity index (χ2v) is 6.57. The van der Waals surface area contributed by atoms with Gasteiger partial charge in [0.15, 0.2) is 0 Å². The minimum absolute atomic E-state index is 0.532. The molecule has 2 aromatic rings. The fourth-order valence-corrected chi connectivity index (χ4v) is 3.49. The third-order valence-corrected chi connectivity index (χ3v) is 4.85. The van der Waals surface area contributed by atoms with Gasteiger partial charge in [0.1, 0.15) is 11.5 Å². The molecule has 0 amide bonds.